The molecule has 6 heteroatoms. The molecule has 0 atom stereocenters. The minimum Gasteiger partial charge on any atom is -0.465 e. The van der Waals surface area contributed by atoms with Crippen LogP contribution in [-0.4, -0.2) is 27.2 Å². The Morgan fingerprint density at radius 3 is 2.26 bits per heavy atom. The lowest BCUT2D eigenvalue weighted by Gasteiger charge is -2.09. The quantitative estimate of drug-likeness (QED) is 0.405. The van der Waals surface area contributed by atoms with Gasteiger partial charge in [0.25, 0.3) is 0 Å². The number of unbranched alkanes of at least 4 members (excludes halogenated alkanes) is 4. The van der Waals surface area contributed by atoms with Gasteiger partial charge in [0.15, 0.2) is 9.84 Å². The van der Waals surface area contributed by atoms with Crippen LogP contribution in [0.25, 0.3) is 0 Å². The zero-order chi connectivity index (χ0) is 19.7. The number of hydrogen-bond acceptors (Lipinski definition) is 4. The highest BCUT2D eigenvalue weighted by Gasteiger charge is 2.22. The van der Waals surface area contributed by atoms with Gasteiger partial charge in [-0.1, -0.05) is 55.1 Å². The van der Waals surface area contributed by atoms with Crippen molar-refractivity contribution in [1.82, 2.24) is 0 Å². The SMILES string of the molecule is COC(=O)c1ccccc1S(=O)(=O)CCCCCCCc1ccc(Cl)cc1. The van der Waals surface area contributed by atoms with Crippen molar-refractivity contribution in [2.75, 3.05) is 12.9 Å². The van der Waals surface area contributed by atoms with Crippen LogP contribution in [0.5, 0.6) is 0 Å². The normalized spacial score (nSPS) is 11.3. The molecule has 0 aliphatic rings. The minimum absolute atomic E-state index is 0.0399. The lowest BCUT2D eigenvalue weighted by atomic mass is 10.1. The molecule has 2 aromatic carbocycles. The van der Waals surface area contributed by atoms with E-state index in [9.17, 15) is 13.2 Å². The largest absolute Gasteiger partial charge is 0.465 e. The highest BCUT2D eigenvalue weighted by atomic mass is 35.5. The average molecular weight is 409 g/mol. The van der Waals surface area contributed by atoms with Crippen LogP contribution in [0.15, 0.2) is 53.4 Å². The van der Waals surface area contributed by atoms with Crippen molar-refractivity contribution in [3.63, 3.8) is 0 Å². The summed E-state index contributed by atoms with van der Waals surface area (Å²) in [6.45, 7) is 0. The van der Waals surface area contributed by atoms with Crippen LogP contribution >= 0.6 is 11.6 Å². The van der Waals surface area contributed by atoms with E-state index in [-0.39, 0.29) is 16.2 Å². The standard InChI is InChI=1S/C21H25ClO4S/c1-26-21(23)19-10-6-7-11-20(19)27(24,25)16-8-4-2-3-5-9-17-12-14-18(22)15-13-17/h6-7,10-15H,2-5,8-9,16H2,1H3. The maximum Gasteiger partial charge on any atom is 0.339 e. The molecule has 0 saturated heterocycles. The Labute approximate surface area is 166 Å². The van der Waals surface area contributed by atoms with E-state index in [1.807, 2.05) is 24.3 Å². The summed E-state index contributed by atoms with van der Waals surface area (Å²) >= 11 is 5.87. The van der Waals surface area contributed by atoms with Gasteiger partial charge in [-0.25, -0.2) is 13.2 Å². The van der Waals surface area contributed by atoms with Gasteiger partial charge in [0.05, 0.1) is 23.3 Å². The second-order valence-electron chi connectivity index (χ2n) is 6.45. The Morgan fingerprint density at radius 2 is 1.56 bits per heavy atom. The molecule has 0 fully saturated rings. The molecule has 4 nitrogen and oxygen atoms in total. The van der Waals surface area contributed by atoms with Gasteiger partial charge >= 0.3 is 5.97 Å². The molecule has 0 aliphatic carbocycles. The average Bonchev–Trinajstić information content (AvgIpc) is 2.68. The molecule has 0 N–H and O–H groups in total. The molecule has 0 bridgehead atoms. The first-order valence-corrected chi connectivity index (χ1v) is 11.1. The molecular formula is C21H25ClO4S. The smallest absolute Gasteiger partial charge is 0.339 e. The Morgan fingerprint density at radius 1 is 0.926 bits per heavy atom. The Balaban J connectivity index is 1.75. The van der Waals surface area contributed by atoms with E-state index in [4.69, 9.17) is 11.6 Å². The number of carbonyl (C=O) groups is 1. The topological polar surface area (TPSA) is 60.4 Å². The van der Waals surface area contributed by atoms with E-state index in [1.165, 1.54) is 24.8 Å². The molecule has 0 unspecified atom stereocenters. The van der Waals surface area contributed by atoms with Crippen LogP contribution in [0.4, 0.5) is 0 Å². The summed E-state index contributed by atoms with van der Waals surface area (Å²) in [5.74, 6) is -0.588. The van der Waals surface area contributed by atoms with Gasteiger partial charge in [0.1, 0.15) is 0 Å². The molecule has 0 aliphatic heterocycles. The van der Waals surface area contributed by atoms with Crippen molar-refractivity contribution in [3.8, 4) is 0 Å². The van der Waals surface area contributed by atoms with Gasteiger partial charge in [0.2, 0.25) is 0 Å². The molecule has 0 saturated carbocycles. The molecule has 146 valence electrons. The summed E-state index contributed by atoms with van der Waals surface area (Å²) in [6.07, 6.45) is 5.55. The summed E-state index contributed by atoms with van der Waals surface area (Å²) in [5.41, 5.74) is 1.37. The van der Waals surface area contributed by atoms with Crippen molar-refractivity contribution < 1.29 is 17.9 Å². The van der Waals surface area contributed by atoms with Crippen molar-refractivity contribution >= 4 is 27.4 Å². The minimum atomic E-state index is -3.50. The fraction of sp³-hybridized carbons (Fsp3) is 0.381. The summed E-state index contributed by atoms with van der Waals surface area (Å²) in [5, 5.41) is 0.744. The van der Waals surface area contributed by atoms with Gasteiger partial charge in [-0.05, 0) is 49.1 Å². The van der Waals surface area contributed by atoms with E-state index in [2.05, 4.69) is 4.74 Å². The van der Waals surface area contributed by atoms with Gasteiger partial charge in [-0.3, -0.25) is 0 Å². The van der Waals surface area contributed by atoms with Gasteiger partial charge in [-0.2, -0.15) is 0 Å². The van der Waals surface area contributed by atoms with E-state index >= 15 is 0 Å². The molecule has 0 spiro atoms. The highest BCUT2D eigenvalue weighted by molar-refractivity contribution is 7.91. The van der Waals surface area contributed by atoms with Crippen LogP contribution in [0, 0.1) is 0 Å². The summed E-state index contributed by atoms with van der Waals surface area (Å²) < 4.78 is 29.8. The molecule has 0 radical (unpaired) electrons. The number of rotatable bonds is 10. The first kappa shape index (κ1) is 21.5. The Kier molecular flexibility index (Phi) is 8.32. The van der Waals surface area contributed by atoms with Crippen LogP contribution in [0.3, 0.4) is 0 Å². The zero-order valence-corrected chi connectivity index (χ0v) is 17.1. The number of benzene rings is 2. The lowest BCUT2D eigenvalue weighted by Crippen LogP contribution is -2.13. The summed E-state index contributed by atoms with van der Waals surface area (Å²) in [4.78, 5) is 11.8. The summed E-state index contributed by atoms with van der Waals surface area (Å²) in [6, 6.07) is 14.1. The van der Waals surface area contributed by atoms with Crippen LogP contribution < -0.4 is 0 Å². The van der Waals surface area contributed by atoms with E-state index < -0.39 is 15.8 Å². The molecule has 2 aromatic rings. The van der Waals surface area contributed by atoms with Crippen molar-refractivity contribution in [2.45, 2.75) is 43.4 Å². The van der Waals surface area contributed by atoms with E-state index in [1.54, 1.807) is 12.1 Å². The van der Waals surface area contributed by atoms with Crippen LogP contribution in [0.1, 0.15) is 48.0 Å². The molecule has 0 amide bonds. The number of esters is 1. The fourth-order valence-corrected chi connectivity index (χ4v) is 4.63. The number of hydrogen-bond donors (Lipinski definition) is 0. The second-order valence-corrected chi connectivity index (χ2v) is 8.96. The predicted molar refractivity (Wildman–Crippen MR) is 108 cm³/mol. The first-order valence-electron chi connectivity index (χ1n) is 9.08. The lowest BCUT2D eigenvalue weighted by molar-refractivity contribution is 0.0596. The van der Waals surface area contributed by atoms with E-state index in [0.29, 0.717) is 6.42 Å². The third-order valence-electron chi connectivity index (χ3n) is 4.42. The predicted octanol–water partition coefficient (Wildman–Crippen LogP) is 5.09. The highest BCUT2D eigenvalue weighted by Crippen LogP contribution is 2.20. The molecule has 0 aromatic heterocycles. The van der Waals surface area contributed by atoms with Gasteiger partial charge in [0, 0.05) is 5.02 Å². The number of halogens is 1. The Bertz CT molecular complexity index is 845. The molecular weight excluding hydrogens is 384 g/mol. The third-order valence-corrected chi connectivity index (χ3v) is 6.52. The maximum absolute atomic E-state index is 12.6. The van der Waals surface area contributed by atoms with Gasteiger partial charge in [-0.15, -0.1) is 0 Å². The fourth-order valence-electron chi connectivity index (χ4n) is 2.93. The van der Waals surface area contributed by atoms with Crippen LogP contribution in [0.2, 0.25) is 5.02 Å². The number of ether oxygens (including phenoxy) is 1. The van der Waals surface area contributed by atoms with Gasteiger partial charge < -0.3 is 4.74 Å². The number of methoxy groups -OCH3 is 1. The monoisotopic (exact) mass is 408 g/mol. The summed E-state index contributed by atoms with van der Waals surface area (Å²) in [7, 11) is -2.25. The van der Waals surface area contributed by atoms with Crippen molar-refractivity contribution in [2.24, 2.45) is 0 Å². The molecule has 0 heterocycles. The number of sulfone groups is 1. The zero-order valence-electron chi connectivity index (χ0n) is 15.5. The third kappa shape index (κ3) is 6.67. The second kappa shape index (κ2) is 10.5. The first-order chi connectivity index (χ1) is 12.9. The number of carbonyl (C=O) groups excluding carboxylic acids is 1. The Hall–Kier alpha value is -1.85. The van der Waals surface area contributed by atoms with E-state index in [0.717, 1.165) is 37.1 Å². The molecule has 27 heavy (non-hydrogen) atoms. The van der Waals surface area contributed by atoms with Crippen LogP contribution in [-0.2, 0) is 21.0 Å². The number of aryl methyl sites for hydroxylation is 1. The van der Waals surface area contributed by atoms with Crippen molar-refractivity contribution in [3.05, 3.63) is 64.7 Å². The molecule has 2 rings (SSSR count). The van der Waals surface area contributed by atoms with Crippen molar-refractivity contribution in [1.29, 1.82) is 0 Å². The maximum atomic E-state index is 12.6.